The van der Waals surface area contributed by atoms with Gasteiger partial charge in [0.1, 0.15) is 0 Å². The minimum atomic E-state index is 0.778. The lowest BCUT2D eigenvalue weighted by Crippen LogP contribution is -1.99. The van der Waals surface area contributed by atoms with Crippen molar-refractivity contribution in [1.82, 2.24) is 0 Å². The fourth-order valence-electron chi connectivity index (χ4n) is 1.44. The second-order valence-corrected chi connectivity index (χ2v) is 4.14. The van der Waals surface area contributed by atoms with Gasteiger partial charge in [-0.25, -0.2) is 0 Å². The van der Waals surface area contributed by atoms with Gasteiger partial charge in [-0.3, -0.25) is 4.79 Å². The zero-order valence-corrected chi connectivity index (χ0v) is 9.95. The van der Waals surface area contributed by atoms with E-state index in [9.17, 15) is 4.79 Å². The van der Waals surface area contributed by atoms with E-state index in [-0.39, 0.29) is 0 Å². The van der Waals surface area contributed by atoms with Crippen LogP contribution < -0.4 is 0 Å². The van der Waals surface area contributed by atoms with Gasteiger partial charge in [-0.15, -0.1) is 0 Å². The van der Waals surface area contributed by atoms with Gasteiger partial charge < -0.3 is 0 Å². The van der Waals surface area contributed by atoms with Crippen LogP contribution in [0.15, 0.2) is 4.47 Å². The van der Waals surface area contributed by atoms with Crippen LogP contribution >= 0.6 is 15.9 Å². The molecule has 70 valence electrons. The van der Waals surface area contributed by atoms with Crippen LogP contribution in [-0.2, 0) is 0 Å². The quantitative estimate of drug-likeness (QED) is 0.688. The number of rotatable bonds is 1. The van der Waals surface area contributed by atoms with Gasteiger partial charge in [-0.2, -0.15) is 0 Å². The van der Waals surface area contributed by atoms with Gasteiger partial charge in [0, 0.05) is 10.0 Å². The molecule has 2 heteroatoms. The SMILES string of the molecule is Cc1c(C)c(C)c(C=O)c(Br)c1C. The molecule has 0 aliphatic rings. The largest absolute Gasteiger partial charge is 0.298 e. The summed E-state index contributed by atoms with van der Waals surface area (Å²) in [5.74, 6) is 0. The van der Waals surface area contributed by atoms with Gasteiger partial charge in [-0.1, -0.05) is 0 Å². The molecule has 1 rings (SSSR count). The summed E-state index contributed by atoms with van der Waals surface area (Å²) in [4.78, 5) is 10.8. The zero-order chi connectivity index (χ0) is 10.2. The molecule has 0 aliphatic heterocycles. The summed E-state index contributed by atoms with van der Waals surface area (Å²) >= 11 is 3.44. The van der Waals surface area contributed by atoms with E-state index in [0.717, 1.165) is 27.4 Å². The van der Waals surface area contributed by atoms with Crippen molar-refractivity contribution >= 4 is 22.2 Å². The summed E-state index contributed by atoms with van der Waals surface area (Å²) in [7, 11) is 0. The first-order valence-corrected chi connectivity index (χ1v) is 5.01. The first-order valence-electron chi connectivity index (χ1n) is 4.21. The molecule has 0 amide bonds. The predicted molar refractivity (Wildman–Crippen MR) is 58.5 cm³/mol. The van der Waals surface area contributed by atoms with E-state index in [1.807, 2.05) is 13.8 Å². The maximum absolute atomic E-state index is 10.8. The van der Waals surface area contributed by atoms with Gasteiger partial charge >= 0.3 is 0 Å². The molecule has 0 unspecified atom stereocenters. The Labute approximate surface area is 87.3 Å². The van der Waals surface area contributed by atoms with E-state index in [4.69, 9.17) is 0 Å². The number of hydrogen-bond donors (Lipinski definition) is 0. The second kappa shape index (κ2) is 3.62. The third-order valence-electron chi connectivity index (χ3n) is 2.78. The molecule has 0 radical (unpaired) electrons. The number of benzene rings is 1. The van der Waals surface area contributed by atoms with Crippen LogP contribution in [0.4, 0.5) is 0 Å². The van der Waals surface area contributed by atoms with E-state index in [1.165, 1.54) is 11.1 Å². The zero-order valence-electron chi connectivity index (χ0n) is 8.36. The lowest BCUT2D eigenvalue weighted by molar-refractivity contribution is 0.112. The summed E-state index contributed by atoms with van der Waals surface area (Å²) in [6.07, 6.45) is 0.916. The predicted octanol–water partition coefficient (Wildman–Crippen LogP) is 3.50. The molecule has 0 saturated carbocycles. The van der Waals surface area contributed by atoms with Crippen LogP contribution in [0.3, 0.4) is 0 Å². The van der Waals surface area contributed by atoms with Crippen molar-refractivity contribution in [1.29, 1.82) is 0 Å². The highest BCUT2D eigenvalue weighted by atomic mass is 79.9. The highest BCUT2D eigenvalue weighted by Gasteiger charge is 2.11. The maximum Gasteiger partial charge on any atom is 0.151 e. The average Bonchev–Trinajstić information content (AvgIpc) is 2.13. The molecule has 0 bridgehead atoms. The standard InChI is InChI=1S/C11H13BrO/c1-6-7(2)9(4)11(12)10(5-13)8(6)3/h5H,1-4H3. The van der Waals surface area contributed by atoms with Crippen LogP contribution in [0.1, 0.15) is 32.6 Å². The van der Waals surface area contributed by atoms with Gasteiger partial charge in [-0.05, 0) is 65.9 Å². The molecule has 0 N–H and O–H groups in total. The highest BCUT2D eigenvalue weighted by Crippen LogP contribution is 2.29. The molecular formula is C11H13BrO. The Balaban J connectivity index is 3.66. The van der Waals surface area contributed by atoms with Gasteiger partial charge in [0.2, 0.25) is 0 Å². The lowest BCUT2D eigenvalue weighted by atomic mass is 9.95. The second-order valence-electron chi connectivity index (χ2n) is 3.35. The van der Waals surface area contributed by atoms with E-state index >= 15 is 0 Å². The Morgan fingerprint density at radius 1 is 0.923 bits per heavy atom. The van der Waals surface area contributed by atoms with E-state index < -0.39 is 0 Å². The summed E-state index contributed by atoms with van der Waals surface area (Å²) in [5, 5.41) is 0. The molecule has 0 spiro atoms. The summed E-state index contributed by atoms with van der Waals surface area (Å²) < 4.78 is 0.933. The summed E-state index contributed by atoms with van der Waals surface area (Å²) in [6, 6.07) is 0. The monoisotopic (exact) mass is 240 g/mol. The Morgan fingerprint density at radius 2 is 1.38 bits per heavy atom. The van der Waals surface area contributed by atoms with Crippen molar-refractivity contribution in [2.24, 2.45) is 0 Å². The van der Waals surface area contributed by atoms with E-state index in [1.54, 1.807) is 0 Å². The molecule has 0 saturated heterocycles. The fraction of sp³-hybridized carbons (Fsp3) is 0.364. The van der Waals surface area contributed by atoms with Crippen LogP contribution in [0.5, 0.6) is 0 Å². The van der Waals surface area contributed by atoms with E-state index in [2.05, 4.69) is 29.8 Å². The van der Waals surface area contributed by atoms with Crippen molar-refractivity contribution < 1.29 is 4.79 Å². The summed E-state index contributed by atoms with van der Waals surface area (Å²) in [6.45, 7) is 8.14. The molecule has 0 fully saturated rings. The van der Waals surface area contributed by atoms with Crippen molar-refractivity contribution in [3.8, 4) is 0 Å². The van der Waals surface area contributed by atoms with Crippen LogP contribution in [0.2, 0.25) is 0 Å². The van der Waals surface area contributed by atoms with E-state index in [0.29, 0.717) is 0 Å². The number of carbonyl (C=O) groups is 1. The highest BCUT2D eigenvalue weighted by molar-refractivity contribution is 9.10. The number of halogens is 1. The van der Waals surface area contributed by atoms with Crippen LogP contribution in [0, 0.1) is 27.7 Å². The molecular weight excluding hydrogens is 228 g/mol. The number of aldehydes is 1. The maximum atomic E-state index is 10.8. The molecule has 0 aliphatic carbocycles. The molecule has 0 atom stereocenters. The molecule has 0 aromatic heterocycles. The molecule has 0 heterocycles. The third-order valence-corrected chi connectivity index (χ3v) is 3.80. The molecule has 13 heavy (non-hydrogen) atoms. The summed E-state index contributed by atoms with van der Waals surface area (Å²) in [5.41, 5.74) is 5.48. The minimum Gasteiger partial charge on any atom is -0.298 e. The number of hydrogen-bond acceptors (Lipinski definition) is 1. The van der Waals surface area contributed by atoms with Crippen LogP contribution in [-0.4, -0.2) is 6.29 Å². The Bertz CT molecular complexity index is 338. The first-order chi connectivity index (χ1) is 6.00. The smallest absolute Gasteiger partial charge is 0.151 e. The average molecular weight is 241 g/mol. The topological polar surface area (TPSA) is 17.1 Å². The minimum absolute atomic E-state index is 0.778. The Hall–Kier alpha value is -0.630. The fourth-order valence-corrected chi connectivity index (χ4v) is 2.12. The molecule has 1 aromatic rings. The van der Waals surface area contributed by atoms with Crippen molar-refractivity contribution in [2.45, 2.75) is 27.7 Å². The van der Waals surface area contributed by atoms with Crippen molar-refractivity contribution in [2.75, 3.05) is 0 Å². The number of carbonyl (C=O) groups excluding carboxylic acids is 1. The van der Waals surface area contributed by atoms with Gasteiger partial charge in [0.05, 0.1) is 0 Å². The van der Waals surface area contributed by atoms with Crippen molar-refractivity contribution in [3.63, 3.8) is 0 Å². The van der Waals surface area contributed by atoms with Gasteiger partial charge in [0.25, 0.3) is 0 Å². The molecule has 1 nitrogen and oxygen atoms in total. The normalized spacial score (nSPS) is 10.2. The molecule has 1 aromatic carbocycles. The Morgan fingerprint density at radius 3 is 1.85 bits per heavy atom. The first kappa shape index (κ1) is 10.5. The third kappa shape index (κ3) is 1.55. The van der Waals surface area contributed by atoms with Gasteiger partial charge in [0.15, 0.2) is 6.29 Å². The lowest BCUT2D eigenvalue weighted by Gasteiger charge is -2.13. The van der Waals surface area contributed by atoms with Crippen LogP contribution in [0.25, 0.3) is 0 Å². The van der Waals surface area contributed by atoms with Crippen molar-refractivity contribution in [3.05, 3.63) is 32.3 Å². The Kier molecular flexibility index (Phi) is 2.91.